The molecule has 0 saturated carbocycles. The zero-order valence-corrected chi connectivity index (χ0v) is 21.3. The average Bonchev–Trinajstić information content (AvgIpc) is 2.89. The second kappa shape index (κ2) is 10.2. The number of anilines is 1. The molecular weight excluding hydrogens is 400 g/mol. The van der Waals surface area contributed by atoms with Gasteiger partial charge in [0.25, 0.3) is 0 Å². The normalized spacial score (nSPS) is 16.2. The highest BCUT2D eigenvalue weighted by atomic mass is 14.9. The number of nitrogens with one attached hydrogen (secondary N) is 1. The van der Waals surface area contributed by atoms with Gasteiger partial charge in [0.2, 0.25) is 0 Å². The van der Waals surface area contributed by atoms with Crippen LogP contribution in [0, 0.1) is 6.92 Å². The lowest BCUT2D eigenvalue weighted by Gasteiger charge is -2.27. The van der Waals surface area contributed by atoms with Crippen molar-refractivity contribution >= 4 is 17.5 Å². The molecule has 33 heavy (non-hydrogen) atoms. The van der Waals surface area contributed by atoms with Crippen molar-refractivity contribution in [2.24, 2.45) is 0 Å². The van der Waals surface area contributed by atoms with Gasteiger partial charge in [0.15, 0.2) is 0 Å². The molecule has 0 fully saturated rings. The molecule has 1 N–H and O–H groups in total. The number of hydrogen-bond donors (Lipinski definition) is 1. The Kier molecular flexibility index (Phi) is 7.58. The van der Waals surface area contributed by atoms with E-state index >= 15 is 0 Å². The lowest BCUT2D eigenvalue weighted by Crippen LogP contribution is -2.19. The van der Waals surface area contributed by atoms with Gasteiger partial charge >= 0.3 is 0 Å². The molecule has 2 heteroatoms. The fourth-order valence-electron chi connectivity index (χ4n) is 4.85. The van der Waals surface area contributed by atoms with Crippen molar-refractivity contribution in [1.82, 2.24) is 4.98 Å². The Morgan fingerprint density at radius 2 is 1.88 bits per heavy atom. The highest BCUT2D eigenvalue weighted by molar-refractivity contribution is 5.80. The van der Waals surface area contributed by atoms with Crippen molar-refractivity contribution in [3.05, 3.63) is 95.2 Å². The van der Waals surface area contributed by atoms with Crippen molar-refractivity contribution in [3.63, 3.8) is 0 Å². The van der Waals surface area contributed by atoms with Crippen LogP contribution in [0.3, 0.4) is 0 Å². The molecule has 1 aliphatic carbocycles. The maximum atomic E-state index is 4.78. The summed E-state index contributed by atoms with van der Waals surface area (Å²) in [7, 11) is 0. The van der Waals surface area contributed by atoms with Crippen molar-refractivity contribution in [1.29, 1.82) is 0 Å². The second-order valence-corrected chi connectivity index (χ2v) is 9.37. The van der Waals surface area contributed by atoms with Gasteiger partial charge in [0, 0.05) is 23.1 Å². The first kappa shape index (κ1) is 24.5. The first-order valence-corrected chi connectivity index (χ1v) is 12.1. The molecule has 1 aromatic heterocycles. The largest absolute Gasteiger partial charge is 0.356 e. The Balaban J connectivity index is 0.00000149. The molecular formula is C31H38N2. The third-order valence-electron chi connectivity index (χ3n) is 6.46. The second-order valence-electron chi connectivity index (χ2n) is 9.37. The summed E-state index contributed by atoms with van der Waals surface area (Å²) in [6, 6.07) is 17.4. The van der Waals surface area contributed by atoms with Crippen LogP contribution in [0.2, 0.25) is 0 Å². The number of hydrogen-bond acceptors (Lipinski definition) is 2. The molecule has 0 saturated heterocycles. The van der Waals surface area contributed by atoms with Gasteiger partial charge in [-0.25, -0.2) is 0 Å². The number of rotatable bonds is 4. The van der Waals surface area contributed by atoms with E-state index in [9.17, 15) is 0 Å². The lowest BCUT2D eigenvalue weighted by atomic mass is 9.78. The van der Waals surface area contributed by atoms with E-state index in [0.29, 0.717) is 5.92 Å². The van der Waals surface area contributed by atoms with Crippen LogP contribution in [-0.2, 0) is 5.41 Å². The highest BCUT2D eigenvalue weighted by Crippen LogP contribution is 2.45. The van der Waals surface area contributed by atoms with Crippen molar-refractivity contribution < 1.29 is 0 Å². The Labute approximate surface area is 200 Å². The van der Waals surface area contributed by atoms with Crippen molar-refractivity contribution in [3.8, 4) is 11.3 Å². The van der Waals surface area contributed by atoms with Crippen LogP contribution in [-0.4, -0.2) is 4.98 Å². The number of allylic oxidation sites excluding steroid dienone is 1. The van der Waals surface area contributed by atoms with Gasteiger partial charge < -0.3 is 5.32 Å². The van der Waals surface area contributed by atoms with Gasteiger partial charge in [-0.1, -0.05) is 77.6 Å². The molecule has 1 unspecified atom stereocenters. The van der Waals surface area contributed by atoms with Gasteiger partial charge in [0.05, 0.1) is 5.69 Å². The zero-order valence-electron chi connectivity index (χ0n) is 21.3. The maximum absolute atomic E-state index is 4.78. The standard InChI is InChI=1S/C29H32N2.C2H6/c1-7-9-22-16-24(13-11-19(22)2)31-21(4)23-12-14-25-26(17-23)20(3)18-29(5,6)27-10-8-15-30-28(25)27;1-2/h7-17,20,31H,4,18H2,1-3,5-6H3;1-2H3/b9-7-;. The molecule has 0 aliphatic heterocycles. The fourth-order valence-corrected chi connectivity index (χ4v) is 4.85. The number of nitrogens with zero attached hydrogens (tertiary/aromatic N) is 1. The number of fused-ring (bicyclic) bond motifs is 3. The zero-order chi connectivity index (χ0) is 24.2. The quantitative estimate of drug-likeness (QED) is 0.439. The van der Waals surface area contributed by atoms with Gasteiger partial charge in [-0.15, -0.1) is 0 Å². The van der Waals surface area contributed by atoms with E-state index in [4.69, 9.17) is 4.98 Å². The first-order valence-electron chi connectivity index (χ1n) is 12.1. The third-order valence-corrected chi connectivity index (χ3v) is 6.46. The Hall–Kier alpha value is -3.13. The summed E-state index contributed by atoms with van der Waals surface area (Å²) in [4.78, 5) is 4.78. The highest BCUT2D eigenvalue weighted by Gasteiger charge is 2.32. The molecule has 1 atom stereocenters. The minimum Gasteiger partial charge on any atom is -0.356 e. The molecule has 4 rings (SSSR count). The summed E-state index contributed by atoms with van der Waals surface area (Å²) in [5, 5.41) is 3.51. The molecule has 0 amide bonds. The van der Waals surface area contributed by atoms with Crippen LogP contribution in [0.5, 0.6) is 0 Å². The van der Waals surface area contributed by atoms with Gasteiger partial charge in [-0.3, -0.25) is 4.98 Å². The monoisotopic (exact) mass is 438 g/mol. The summed E-state index contributed by atoms with van der Waals surface area (Å²) in [5.74, 6) is 0.438. The molecule has 0 bridgehead atoms. The Morgan fingerprint density at radius 1 is 1.12 bits per heavy atom. The molecule has 2 aromatic carbocycles. The van der Waals surface area contributed by atoms with Crippen LogP contribution in [0.25, 0.3) is 23.0 Å². The van der Waals surface area contributed by atoms with Crippen LogP contribution < -0.4 is 5.32 Å². The predicted octanol–water partition coefficient (Wildman–Crippen LogP) is 8.98. The SMILES string of the molecule is C=C(Nc1ccc(C)c(/C=C\C)c1)c1ccc2c(c1)C(C)CC(C)(C)c1cccnc1-2.CC. The lowest BCUT2D eigenvalue weighted by molar-refractivity contribution is 0.444. The number of benzene rings is 2. The van der Waals surface area contributed by atoms with E-state index in [-0.39, 0.29) is 5.41 Å². The van der Waals surface area contributed by atoms with Gasteiger partial charge in [-0.2, -0.15) is 0 Å². The van der Waals surface area contributed by atoms with Crippen molar-refractivity contribution in [2.75, 3.05) is 5.32 Å². The smallest absolute Gasteiger partial charge is 0.0742 e. The third kappa shape index (κ3) is 5.11. The topological polar surface area (TPSA) is 24.9 Å². The predicted molar refractivity (Wildman–Crippen MR) is 146 cm³/mol. The molecule has 1 aliphatic rings. The van der Waals surface area contributed by atoms with E-state index in [0.717, 1.165) is 29.1 Å². The van der Waals surface area contributed by atoms with Gasteiger partial charge in [-0.05, 0) is 83.7 Å². The Bertz CT molecular complexity index is 1170. The molecule has 0 radical (unpaired) electrons. The summed E-state index contributed by atoms with van der Waals surface area (Å²) < 4.78 is 0. The summed E-state index contributed by atoms with van der Waals surface area (Å²) in [5.41, 5.74) is 10.7. The van der Waals surface area contributed by atoms with E-state index in [2.05, 4.69) is 100 Å². The molecule has 3 aromatic rings. The summed E-state index contributed by atoms with van der Waals surface area (Å²) in [6.07, 6.45) is 7.21. The minimum atomic E-state index is 0.0859. The van der Waals surface area contributed by atoms with E-state index in [1.165, 1.54) is 27.8 Å². The number of aromatic nitrogens is 1. The summed E-state index contributed by atoms with van der Waals surface area (Å²) >= 11 is 0. The molecule has 2 nitrogen and oxygen atoms in total. The first-order chi connectivity index (χ1) is 15.8. The van der Waals surface area contributed by atoms with Crippen molar-refractivity contribution in [2.45, 2.75) is 66.2 Å². The Morgan fingerprint density at radius 3 is 2.61 bits per heavy atom. The number of aryl methyl sites for hydroxylation is 1. The van der Waals surface area contributed by atoms with E-state index in [1.54, 1.807) is 0 Å². The van der Waals surface area contributed by atoms with E-state index < -0.39 is 0 Å². The summed E-state index contributed by atoms with van der Waals surface area (Å²) in [6.45, 7) is 19.5. The fraction of sp³-hybridized carbons (Fsp3) is 0.323. The molecule has 0 spiro atoms. The van der Waals surface area contributed by atoms with Crippen LogP contribution in [0.15, 0.2) is 67.4 Å². The molecule has 1 heterocycles. The van der Waals surface area contributed by atoms with E-state index in [1.807, 2.05) is 27.0 Å². The minimum absolute atomic E-state index is 0.0859. The van der Waals surface area contributed by atoms with Crippen LogP contribution in [0.1, 0.15) is 81.7 Å². The average molecular weight is 439 g/mol. The van der Waals surface area contributed by atoms with Crippen LogP contribution in [0.4, 0.5) is 5.69 Å². The van der Waals surface area contributed by atoms with Crippen LogP contribution >= 0.6 is 0 Å². The number of pyridine rings is 1. The molecule has 172 valence electrons. The maximum Gasteiger partial charge on any atom is 0.0742 e. The van der Waals surface area contributed by atoms with Gasteiger partial charge in [0.1, 0.15) is 0 Å².